The smallest absolute Gasteiger partial charge is 0.0359 e. The summed E-state index contributed by atoms with van der Waals surface area (Å²) in [6, 6.07) is 2.91. The summed E-state index contributed by atoms with van der Waals surface area (Å²) in [5, 5.41) is 7.99. The first-order valence-corrected chi connectivity index (χ1v) is 6.55. The summed E-state index contributed by atoms with van der Waals surface area (Å²) >= 11 is 1.82. The summed E-state index contributed by atoms with van der Waals surface area (Å²) in [4.78, 5) is 0. The van der Waals surface area contributed by atoms with Crippen LogP contribution < -0.4 is 5.32 Å². The Kier molecular flexibility index (Phi) is 2.14. The molecular formula is C12H17NS. The second kappa shape index (κ2) is 3.35. The van der Waals surface area contributed by atoms with Crippen LogP contribution in [0.2, 0.25) is 0 Å². The zero-order valence-electron chi connectivity index (χ0n) is 8.57. The second-order valence-corrected chi connectivity index (χ2v) is 5.44. The van der Waals surface area contributed by atoms with Gasteiger partial charge in [0.1, 0.15) is 0 Å². The van der Waals surface area contributed by atoms with Crippen LogP contribution in [-0.2, 0) is 0 Å². The van der Waals surface area contributed by atoms with Gasteiger partial charge in [-0.3, -0.25) is 0 Å². The van der Waals surface area contributed by atoms with E-state index in [0.29, 0.717) is 6.04 Å². The zero-order valence-corrected chi connectivity index (χ0v) is 9.39. The summed E-state index contributed by atoms with van der Waals surface area (Å²) in [5.41, 5.74) is 1.51. The minimum absolute atomic E-state index is 0.636. The topological polar surface area (TPSA) is 12.0 Å². The van der Waals surface area contributed by atoms with Crippen LogP contribution in [0.4, 0.5) is 0 Å². The molecule has 3 rings (SSSR count). The van der Waals surface area contributed by atoms with Gasteiger partial charge < -0.3 is 5.32 Å². The minimum atomic E-state index is 0.636. The van der Waals surface area contributed by atoms with E-state index in [-0.39, 0.29) is 0 Å². The third kappa shape index (κ3) is 1.24. The number of fused-ring (bicyclic) bond motifs is 1. The Bertz CT molecular complexity index is 296. The molecule has 0 aliphatic heterocycles. The van der Waals surface area contributed by atoms with Crippen molar-refractivity contribution in [2.45, 2.75) is 25.3 Å². The van der Waals surface area contributed by atoms with Crippen LogP contribution in [0.25, 0.3) is 0 Å². The quantitative estimate of drug-likeness (QED) is 0.803. The molecule has 1 nitrogen and oxygen atoms in total. The van der Waals surface area contributed by atoms with Crippen LogP contribution in [0.1, 0.15) is 30.9 Å². The zero-order chi connectivity index (χ0) is 9.54. The van der Waals surface area contributed by atoms with Gasteiger partial charge in [0.25, 0.3) is 0 Å². The summed E-state index contributed by atoms with van der Waals surface area (Å²) in [7, 11) is 2.11. The molecule has 0 radical (unpaired) electrons. The molecule has 3 unspecified atom stereocenters. The Morgan fingerprint density at radius 3 is 2.79 bits per heavy atom. The molecule has 0 saturated heterocycles. The van der Waals surface area contributed by atoms with Crippen molar-refractivity contribution in [3.8, 4) is 0 Å². The number of hydrogen-bond acceptors (Lipinski definition) is 2. The fourth-order valence-corrected chi connectivity index (χ4v) is 4.10. The van der Waals surface area contributed by atoms with Gasteiger partial charge in [0.15, 0.2) is 0 Å². The van der Waals surface area contributed by atoms with E-state index in [4.69, 9.17) is 0 Å². The monoisotopic (exact) mass is 207 g/mol. The van der Waals surface area contributed by atoms with Gasteiger partial charge in [-0.15, -0.1) is 0 Å². The Morgan fingerprint density at radius 1 is 1.43 bits per heavy atom. The Hall–Kier alpha value is -0.340. The van der Waals surface area contributed by atoms with Crippen molar-refractivity contribution in [2.24, 2.45) is 17.8 Å². The van der Waals surface area contributed by atoms with Crippen LogP contribution in [0.5, 0.6) is 0 Å². The van der Waals surface area contributed by atoms with Crippen molar-refractivity contribution < 1.29 is 0 Å². The number of nitrogens with one attached hydrogen (secondary N) is 1. The molecule has 1 heterocycles. The average molecular weight is 207 g/mol. The van der Waals surface area contributed by atoms with Gasteiger partial charge in [-0.25, -0.2) is 0 Å². The molecule has 3 atom stereocenters. The highest BCUT2D eigenvalue weighted by Crippen LogP contribution is 2.62. The molecular weight excluding hydrogens is 190 g/mol. The average Bonchev–Trinajstić information content (AvgIpc) is 2.67. The van der Waals surface area contributed by atoms with Crippen LogP contribution in [0.3, 0.4) is 0 Å². The van der Waals surface area contributed by atoms with E-state index in [1.54, 1.807) is 0 Å². The van der Waals surface area contributed by atoms with Gasteiger partial charge in [-0.2, -0.15) is 11.3 Å². The van der Waals surface area contributed by atoms with E-state index in [9.17, 15) is 0 Å². The Labute approximate surface area is 89.5 Å². The molecule has 2 fully saturated rings. The van der Waals surface area contributed by atoms with E-state index in [1.165, 1.54) is 24.8 Å². The molecule has 2 heteroatoms. The summed E-state index contributed by atoms with van der Waals surface area (Å²) in [5.74, 6) is 3.04. The second-order valence-electron chi connectivity index (χ2n) is 4.66. The van der Waals surface area contributed by atoms with Gasteiger partial charge >= 0.3 is 0 Å². The molecule has 1 aromatic heterocycles. The van der Waals surface area contributed by atoms with Gasteiger partial charge in [0, 0.05) is 6.04 Å². The van der Waals surface area contributed by atoms with Crippen LogP contribution in [0, 0.1) is 17.8 Å². The van der Waals surface area contributed by atoms with Gasteiger partial charge in [0.2, 0.25) is 0 Å². The van der Waals surface area contributed by atoms with E-state index in [1.807, 2.05) is 11.3 Å². The van der Waals surface area contributed by atoms with E-state index >= 15 is 0 Å². The van der Waals surface area contributed by atoms with Crippen molar-refractivity contribution in [3.05, 3.63) is 22.4 Å². The first-order valence-electron chi connectivity index (χ1n) is 5.61. The highest BCUT2D eigenvalue weighted by molar-refractivity contribution is 7.07. The Morgan fingerprint density at radius 2 is 2.21 bits per heavy atom. The SMILES string of the molecule is CNC(c1ccsc1)C1C2CCCC21. The lowest BCUT2D eigenvalue weighted by molar-refractivity contribution is 0.445. The lowest BCUT2D eigenvalue weighted by atomic mass is 9.99. The summed E-state index contributed by atoms with van der Waals surface area (Å²) < 4.78 is 0. The van der Waals surface area contributed by atoms with Crippen molar-refractivity contribution in [2.75, 3.05) is 7.05 Å². The molecule has 0 aromatic carbocycles. The highest BCUT2D eigenvalue weighted by Gasteiger charge is 2.55. The summed E-state index contributed by atoms with van der Waals surface area (Å²) in [6.45, 7) is 0. The fraction of sp³-hybridized carbons (Fsp3) is 0.667. The number of thiophene rings is 1. The largest absolute Gasteiger partial charge is 0.313 e. The fourth-order valence-electron chi connectivity index (χ4n) is 3.40. The van der Waals surface area contributed by atoms with Crippen molar-refractivity contribution >= 4 is 11.3 Å². The van der Waals surface area contributed by atoms with Gasteiger partial charge in [-0.1, -0.05) is 6.42 Å². The third-order valence-electron chi connectivity index (χ3n) is 4.07. The van der Waals surface area contributed by atoms with Crippen molar-refractivity contribution in [1.29, 1.82) is 0 Å². The maximum atomic E-state index is 3.50. The Balaban J connectivity index is 1.77. The summed E-state index contributed by atoms with van der Waals surface area (Å²) in [6.07, 6.45) is 4.45. The molecule has 14 heavy (non-hydrogen) atoms. The van der Waals surface area contributed by atoms with Gasteiger partial charge in [-0.05, 0) is 60.0 Å². The first-order chi connectivity index (χ1) is 6.92. The van der Waals surface area contributed by atoms with E-state index < -0.39 is 0 Å². The lowest BCUT2D eigenvalue weighted by Gasteiger charge is -2.16. The molecule has 2 aliphatic rings. The first kappa shape index (κ1) is 8.93. The lowest BCUT2D eigenvalue weighted by Crippen LogP contribution is -2.19. The standard InChI is InChI=1S/C12H17NS/c1-13-12(8-5-6-14-7-8)11-9-3-2-4-10(9)11/h5-7,9-13H,2-4H2,1H3. The number of rotatable bonds is 3. The maximum Gasteiger partial charge on any atom is 0.0359 e. The molecule has 0 spiro atoms. The minimum Gasteiger partial charge on any atom is -0.313 e. The maximum absolute atomic E-state index is 3.50. The van der Waals surface area contributed by atoms with Crippen LogP contribution in [-0.4, -0.2) is 7.05 Å². The molecule has 2 aliphatic carbocycles. The number of hydrogen-bond donors (Lipinski definition) is 1. The molecule has 76 valence electrons. The predicted octanol–water partition coefficient (Wildman–Crippen LogP) is 3.05. The predicted molar refractivity (Wildman–Crippen MR) is 60.4 cm³/mol. The van der Waals surface area contributed by atoms with Crippen LogP contribution in [0.15, 0.2) is 16.8 Å². The molecule has 0 bridgehead atoms. The van der Waals surface area contributed by atoms with E-state index in [2.05, 4.69) is 29.2 Å². The van der Waals surface area contributed by atoms with Crippen molar-refractivity contribution in [1.82, 2.24) is 5.32 Å². The molecule has 0 amide bonds. The van der Waals surface area contributed by atoms with Crippen molar-refractivity contribution in [3.63, 3.8) is 0 Å². The van der Waals surface area contributed by atoms with Crippen LogP contribution >= 0.6 is 11.3 Å². The molecule has 1 N–H and O–H groups in total. The normalized spacial score (nSPS) is 36.8. The third-order valence-corrected chi connectivity index (χ3v) is 4.77. The molecule has 2 saturated carbocycles. The van der Waals surface area contributed by atoms with Gasteiger partial charge in [0.05, 0.1) is 0 Å². The molecule has 1 aromatic rings. The van der Waals surface area contributed by atoms with E-state index in [0.717, 1.165) is 17.8 Å². The highest BCUT2D eigenvalue weighted by atomic mass is 32.1.